The van der Waals surface area contributed by atoms with Gasteiger partial charge in [0.05, 0.1) is 5.69 Å². The zero-order valence-corrected chi connectivity index (χ0v) is 13.3. The molecule has 106 valence electrons. The molecule has 1 aromatic heterocycles. The molecule has 3 nitrogen and oxygen atoms in total. The van der Waals surface area contributed by atoms with E-state index < -0.39 is 0 Å². The highest BCUT2D eigenvalue weighted by Crippen LogP contribution is 2.26. The van der Waals surface area contributed by atoms with Gasteiger partial charge in [-0.15, -0.1) is 11.3 Å². The minimum absolute atomic E-state index is 0.111. The van der Waals surface area contributed by atoms with Crippen molar-refractivity contribution in [3.8, 4) is 0 Å². The molecule has 1 aromatic carbocycles. The molecule has 1 fully saturated rings. The van der Waals surface area contributed by atoms with Crippen LogP contribution >= 0.6 is 23.6 Å². The van der Waals surface area contributed by atoms with Gasteiger partial charge in [-0.1, -0.05) is 18.2 Å². The highest BCUT2D eigenvalue weighted by atomic mass is 32.1. The maximum absolute atomic E-state index is 12.6. The highest BCUT2D eigenvalue weighted by Gasteiger charge is 2.32. The Morgan fingerprint density at radius 1 is 1.19 bits per heavy atom. The molecule has 1 aliphatic rings. The summed E-state index contributed by atoms with van der Waals surface area (Å²) >= 11 is 6.96. The van der Waals surface area contributed by atoms with Crippen molar-refractivity contribution in [2.45, 2.75) is 13.8 Å². The largest absolute Gasteiger partial charge is 0.327 e. The lowest BCUT2D eigenvalue weighted by molar-refractivity contribution is -0.113. The van der Waals surface area contributed by atoms with Crippen molar-refractivity contribution in [1.82, 2.24) is 5.32 Å². The zero-order chi connectivity index (χ0) is 15.0. The van der Waals surface area contributed by atoms with Gasteiger partial charge in [0, 0.05) is 9.75 Å². The van der Waals surface area contributed by atoms with Crippen LogP contribution in [0.1, 0.15) is 15.3 Å². The van der Waals surface area contributed by atoms with Crippen molar-refractivity contribution >= 4 is 46.3 Å². The molecule has 0 spiro atoms. The Morgan fingerprint density at radius 2 is 1.95 bits per heavy atom. The van der Waals surface area contributed by atoms with Crippen LogP contribution in [0.4, 0.5) is 5.69 Å². The molecule has 0 radical (unpaired) electrons. The minimum Gasteiger partial charge on any atom is -0.327 e. The number of nitrogens with zero attached hydrogens (tertiary/aromatic N) is 1. The maximum atomic E-state index is 12.6. The third kappa shape index (κ3) is 2.62. The number of para-hydroxylation sites is 1. The van der Waals surface area contributed by atoms with Crippen molar-refractivity contribution < 1.29 is 4.79 Å². The van der Waals surface area contributed by atoms with Crippen molar-refractivity contribution in [2.75, 3.05) is 4.90 Å². The Hall–Kier alpha value is -1.98. The predicted octanol–water partition coefficient (Wildman–Crippen LogP) is 3.63. The van der Waals surface area contributed by atoms with E-state index in [-0.39, 0.29) is 5.91 Å². The van der Waals surface area contributed by atoms with Gasteiger partial charge in [0.15, 0.2) is 5.11 Å². The first kappa shape index (κ1) is 14.0. The van der Waals surface area contributed by atoms with Crippen LogP contribution in [0, 0.1) is 13.8 Å². The second kappa shape index (κ2) is 5.42. The summed E-state index contributed by atoms with van der Waals surface area (Å²) < 4.78 is 0. The van der Waals surface area contributed by atoms with Gasteiger partial charge in [0.2, 0.25) is 0 Å². The van der Waals surface area contributed by atoms with Crippen LogP contribution in [-0.4, -0.2) is 11.0 Å². The van der Waals surface area contributed by atoms with E-state index in [4.69, 9.17) is 12.2 Å². The highest BCUT2D eigenvalue weighted by molar-refractivity contribution is 7.80. The normalized spacial score (nSPS) is 16.7. The van der Waals surface area contributed by atoms with E-state index in [9.17, 15) is 4.79 Å². The number of aryl methyl sites for hydroxylation is 2. The van der Waals surface area contributed by atoms with Crippen LogP contribution < -0.4 is 10.2 Å². The molecule has 3 rings (SSSR count). The number of thiophene rings is 1. The van der Waals surface area contributed by atoms with Gasteiger partial charge in [-0.25, -0.2) is 0 Å². The standard InChI is InChI=1S/C16H14N2OS2/c1-10-5-3-4-6-14(10)18-15(19)13(17-16(18)20)9-12-8-7-11(2)21-12/h3-9H,1-2H3,(H,17,20)/b13-9+. The van der Waals surface area contributed by atoms with Gasteiger partial charge >= 0.3 is 0 Å². The molecule has 0 unspecified atom stereocenters. The van der Waals surface area contributed by atoms with Crippen LogP contribution in [0.2, 0.25) is 0 Å². The lowest BCUT2D eigenvalue weighted by Crippen LogP contribution is -2.30. The van der Waals surface area contributed by atoms with E-state index in [2.05, 4.69) is 5.32 Å². The number of hydrogen-bond donors (Lipinski definition) is 1. The van der Waals surface area contributed by atoms with Crippen molar-refractivity contribution in [2.24, 2.45) is 0 Å². The number of benzene rings is 1. The van der Waals surface area contributed by atoms with Crippen LogP contribution in [-0.2, 0) is 4.79 Å². The van der Waals surface area contributed by atoms with Crippen LogP contribution in [0.15, 0.2) is 42.1 Å². The van der Waals surface area contributed by atoms with Gasteiger partial charge in [-0.3, -0.25) is 9.69 Å². The Balaban J connectivity index is 1.96. The third-order valence-corrected chi connectivity index (χ3v) is 4.51. The second-order valence-electron chi connectivity index (χ2n) is 4.86. The summed E-state index contributed by atoms with van der Waals surface area (Å²) in [5.41, 5.74) is 2.36. The zero-order valence-electron chi connectivity index (χ0n) is 11.7. The van der Waals surface area contributed by atoms with Crippen LogP contribution in [0.5, 0.6) is 0 Å². The smallest absolute Gasteiger partial charge is 0.281 e. The number of carbonyl (C=O) groups excluding carboxylic acids is 1. The fraction of sp³-hybridized carbons (Fsp3) is 0.125. The summed E-state index contributed by atoms with van der Waals surface area (Å²) in [5, 5.41) is 3.44. The predicted molar refractivity (Wildman–Crippen MR) is 91.4 cm³/mol. The summed E-state index contributed by atoms with van der Waals surface area (Å²) in [5.74, 6) is -0.111. The number of amides is 1. The summed E-state index contributed by atoms with van der Waals surface area (Å²) in [6, 6.07) is 11.8. The fourth-order valence-corrected chi connectivity index (χ4v) is 3.35. The Bertz CT molecular complexity index is 761. The van der Waals surface area contributed by atoms with Gasteiger partial charge in [0.1, 0.15) is 5.70 Å². The lowest BCUT2D eigenvalue weighted by Gasteiger charge is -2.16. The number of hydrogen-bond acceptors (Lipinski definition) is 3. The molecule has 1 saturated heterocycles. The first-order valence-electron chi connectivity index (χ1n) is 6.55. The molecule has 0 atom stereocenters. The first-order valence-corrected chi connectivity index (χ1v) is 7.78. The molecule has 0 aliphatic carbocycles. The number of rotatable bonds is 2. The maximum Gasteiger partial charge on any atom is 0.281 e. The second-order valence-corrected chi connectivity index (χ2v) is 6.57. The van der Waals surface area contributed by atoms with E-state index in [1.54, 1.807) is 16.2 Å². The third-order valence-electron chi connectivity index (χ3n) is 3.28. The van der Waals surface area contributed by atoms with Crippen molar-refractivity contribution in [1.29, 1.82) is 0 Å². The number of carbonyl (C=O) groups is 1. The Morgan fingerprint density at radius 3 is 2.62 bits per heavy atom. The van der Waals surface area contributed by atoms with E-state index in [1.165, 1.54) is 4.88 Å². The molecule has 2 aromatic rings. The quantitative estimate of drug-likeness (QED) is 0.678. The van der Waals surface area contributed by atoms with E-state index in [0.717, 1.165) is 16.1 Å². The molecule has 1 N–H and O–H groups in total. The molecular weight excluding hydrogens is 300 g/mol. The summed E-state index contributed by atoms with van der Waals surface area (Å²) in [7, 11) is 0. The number of thiocarbonyl (C=S) groups is 1. The molecule has 1 aliphatic heterocycles. The number of nitrogens with one attached hydrogen (secondary N) is 1. The molecule has 21 heavy (non-hydrogen) atoms. The molecular formula is C16H14N2OS2. The van der Waals surface area contributed by atoms with Gasteiger partial charge in [0.25, 0.3) is 5.91 Å². The molecule has 2 heterocycles. The fourth-order valence-electron chi connectivity index (χ4n) is 2.24. The van der Waals surface area contributed by atoms with Crippen LogP contribution in [0.25, 0.3) is 6.08 Å². The van der Waals surface area contributed by atoms with E-state index in [0.29, 0.717) is 10.8 Å². The first-order chi connectivity index (χ1) is 10.1. The Kier molecular flexibility index (Phi) is 3.61. The SMILES string of the molecule is Cc1ccc(/C=C2/NC(=S)N(c3ccccc3C)C2=O)s1. The minimum atomic E-state index is -0.111. The molecule has 0 bridgehead atoms. The summed E-state index contributed by atoms with van der Waals surface area (Å²) in [4.78, 5) is 16.4. The summed E-state index contributed by atoms with van der Waals surface area (Å²) in [6.45, 7) is 4.01. The van der Waals surface area contributed by atoms with Gasteiger partial charge in [-0.05, 0) is 55.9 Å². The molecule has 1 amide bonds. The Labute approximate surface area is 132 Å². The average molecular weight is 314 g/mol. The lowest BCUT2D eigenvalue weighted by atomic mass is 10.2. The van der Waals surface area contributed by atoms with Gasteiger partial charge in [-0.2, -0.15) is 0 Å². The number of anilines is 1. The molecule has 5 heteroatoms. The van der Waals surface area contributed by atoms with Crippen molar-refractivity contribution in [3.05, 3.63) is 57.4 Å². The summed E-state index contributed by atoms with van der Waals surface area (Å²) in [6.07, 6.45) is 1.85. The van der Waals surface area contributed by atoms with E-state index >= 15 is 0 Å². The molecule has 0 saturated carbocycles. The topological polar surface area (TPSA) is 32.3 Å². The average Bonchev–Trinajstić information content (AvgIpc) is 2.96. The van der Waals surface area contributed by atoms with Crippen molar-refractivity contribution in [3.63, 3.8) is 0 Å². The van der Waals surface area contributed by atoms with E-state index in [1.807, 2.05) is 56.3 Å². The van der Waals surface area contributed by atoms with Crippen LogP contribution in [0.3, 0.4) is 0 Å². The monoisotopic (exact) mass is 314 g/mol. The van der Waals surface area contributed by atoms with Gasteiger partial charge < -0.3 is 5.32 Å².